The highest BCUT2D eigenvalue weighted by atomic mass is 16.5. The lowest BCUT2D eigenvalue weighted by atomic mass is 10.0. The van der Waals surface area contributed by atoms with E-state index < -0.39 is 5.97 Å². The topological polar surface area (TPSA) is 77.7 Å². The van der Waals surface area contributed by atoms with Crippen LogP contribution in [0.4, 0.5) is 11.4 Å². The number of aromatic amines is 1. The van der Waals surface area contributed by atoms with E-state index in [9.17, 15) is 9.59 Å². The number of hydrogen-bond donors (Lipinski definition) is 2. The van der Waals surface area contributed by atoms with Gasteiger partial charge < -0.3 is 19.9 Å². The van der Waals surface area contributed by atoms with E-state index >= 15 is 0 Å². The van der Waals surface area contributed by atoms with Gasteiger partial charge in [0.05, 0.1) is 19.3 Å². The van der Waals surface area contributed by atoms with Crippen LogP contribution in [0.2, 0.25) is 0 Å². The van der Waals surface area contributed by atoms with Crippen LogP contribution in [-0.2, 0) is 9.53 Å². The van der Waals surface area contributed by atoms with Crippen LogP contribution in [0.1, 0.15) is 23.3 Å². The number of amides is 1. The minimum absolute atomic E-state index is 0.134. The number of nitrogens with zero attached hydrogens (tertiary/aromatic N) is 2. The lowest BCUT2D eigenvalue weighted by molar-refractivity contribution is -0.117. The SMILES string of the molecule is COC(=O)c1[nH]c2ccccc2c1NC(=O)CN1CCC(N(C)c2ccccc2)CC1. The van der Waals surface area contributed by atoms with Crippen LogP contribution in [0.25, 0.3) is 10.9 Å². The van der Waals surface area contributed by atoms with E-state index in [1.54, 1.807) is 0 Å². The van der Waals surface area contributed by atoms with Crippen LogP contribution in [0, 0.1) is 0 Å². The summed E-state index contributed by atoms with van der Waals surface area (Å²) < 4.78 is 4.87. The third kappa shape index (κ3) is 4.56. The number of H-pyrrole nitrogens is 1. The molecule has 31 heavy (non-hydrogen) atoms. The van der Waals surface area contributed by atoms with Gasteiger partial charge in [-0.25, -0.2) is 4.79 Å². The molecule has 1 fully saturated rings. The van der Waals surface area contributed by atoms with Crippen molar-refractivity contribution >= 4 is 34.2 Å². The van der Waals surface area contributed by atoms with Gasteiger partial charge in [0.2, 0.25) is 5.91 Å². The van der Waals surface area contributed by atoms with Crippen LogP contribution < -0.4 is 10.2 Å². The summed E-state index contributed by atoms with van der Waals surface area (Å²) in [6, 6.07) is 18.3. The Kier molecular flexibility index (Phi) is 6.23. The number of hydrogen-bond acceptors (Lipinski definition) is 5. The van der Waals surface area contributed by atoms with E-state index in [1.165, 1.54) is 12.8 Å². The molecule has 1 amide bonds. The third-order valence-corrected chi connectivity index (χ3v) is 6.00. The van der Waals surface area contributed by atoms with Gasteiger partial charge >= 0.3 is 5.97 Å². The minimum Gasteiger partial charge on any atom is -0.464 e. The molecule has 2 aromatic carbocycles. The molecule has 4 rings (SSSR count). The first-order chi connectivity index (χ1) is 15.1. The fourth-order valence-electron chi connectivity index (χ4n) is 4.25. The molecule has 0 atom stereocenters. The fourth-order valence-corrected chi connectivity index (χ4v) is 4.25. The zero-order chi connectivity index (χ0) is 21.8. The van der Waals surface area contributed by atoms with Crippen molar-refractivity contribution in [2.24, 2.45) is 0 Å². The average Bonchev–Trinajstić information content (AvgIpc) is 3.17. The summed E-state index contributed by atoms with van der Waals surface area (Å²) in [5.74, 6) is -0.638. The van der Waals surface area contributed by atoms with Gasteiger partial charge in [-0.15, -0.1) is 0 Å². The van der Waals surface area contributed by atoms with Gasteiger partial charge in [0.1, 0.15) is 5.69 Å². The van der Waals surface area contributed by atoms with E-state index in [0.29, 0.717) is 18.3 Å². The molecule has 2 N–H and O–H groups in total. The summed E-state index contributed by atoms with van der Waals surface area (Å²) in [5.41, 5.74) is 2.74. The van der Waals surface area contributed by atoms with E-state index in [1.807, 2.05) is 30.3 Å². The Balaban J connectivity index is 1.38. The smallest absolute Gasteiger partial charge is 0.356 e. The first-order valence-corrected chi connectivity index (χ1v) is 10.6. The number of para-hydroxylation sites is 2. The highest BCUT2D eigenvalue weighted by Gasteiger charge is 2.25. The average molecular weight is 421 g/mol. The van der Waals surface area contributed by atoms with E-state index in [4.69, 9.17) is 4.74 Å². The Morgan fingerprint density at radius 1 is 1.10 bits per heavy atom. The van der Waals surface area contributed by atoms with Crippen molar-refractivity contribution in [1.29, 1.82) is 0 Å². The number of aromatic nitrogens is 1. The number of benzene rings is 2. The number of rotatable bonds is 6. The van der Waals surface area contributed by atoms with Gasteiger partial charge in [-0.2, -0.15) is 0 Å². The van der Waals surface area contributed by atoms with Crippen LogP contribution >= 0.6 is 0 Å². The molecule has 1 aliphatic heterocycles. The molecular weight excluding hydrogens is 392 g/mol. The summed E-state index contributed by atoms with van der Waals surface area (Å²) in [6.07, 6.45) is 2.00. The van der Waals surface area contributed by atoms with Crippen molar-refractivity contribution in [2.75, 3.05) is 44.0 Å². The maximum atomic E-state index is 12.8. The summed E-state index contributed by atoms with van der Waals surface area (Å²) >= 11 is 0. The number of piperidine rings is 1. The maximum absolute atomic E-state index is 12.8. The van der Waals surface area contributed by atoms with Crippen molar-refractivity contribution in [1.82, 2.24) is 9.88 Å². The van der Waals surface area contributed by atoms with Gasteiger partial charge in [0.15, 0.2) is 0 Å². The van der Waals surface area contributed by atoms with E-state index in [-0.39, 0.29) is 11.6 Å². The molecule has 1 saturated heterocycles. The summed E-state index contributed by atoms with van der Waals surface area (Å²) in [6.45, 7) is 2.00. The van der Waals surface area contributed by atoms with Crippen molar-refractivity contribution in [3.8, 4) is 0 Å². The zero-order valence-electron chi connectivity index (χ0n) is 17.9. The second-order valence-electron chi connectivity index (χ2n) is 7.91. The monoisotopic (exact) mass is 420 g/mol. The Morgan fingerprint density at radius 3 is 2.48 bits per heavy atom. The number of methoxy groups -OCH3 is 1. The van der Waals surface area contributed by atoms with Crippen molar-refractivity contribution < 1.29 is 14.3 Å². The van der Waals surface area contributed by atoms with Crippen molar-refractivity contribution in [3.63, 3.8) is 0 Å². The second-order valence-corrected chi connectivity index (χ2v) is 7.91. The molecule has 0 saturated carbocycles. The molecule has 7 heteroatoms. The lowest BCUT2D eigenvalue weighted by Crippen LogP contribution is -2.45. The predicted molar refractivity (Wildman–Crippen MR) is 123 cm³/mol. The van der Waals surface area contributed by atoms with Gasteiger partial charge in [-0.1, -0.05) is 36.4 Å². The third-order valence-electron chi connectivity index (χ3n) is 6.00. The highest BCUT2D eigenvalue weighted by molar-refractivity contribution is 6.11. The first-order valence-electron chi connectivity index (χ1n) is 10.6. The number of fused-ring (bicyclic) bond motifs is 1. The molecule has 0 bridgehead atoms. The summed E-state index contributed by atoms with van der Waals surface area (Å²) in [5, 5.41) is 3.72. The molecule has 3 aromatic rings. The molecular formula is C24H28N4O3. The molecule has 0 aliphatic carbocycles. The summed E-state index contributed by atoms with van der Waals surface area (Å²) in [7, 11) is 3.46. The Labute approximate surface area is 182 Å². The molecule has 0 unspecified atom stereocenters. The van der Waals surface area contributed by atoms with Gasteiger partial charge in [0.25, 0.3) is 0 Å². The lowest BCUT2D eigenvalue weighted by Gasteiger charge is -2.37. The summed E-state index contributed by atoms with van der Waals surface area (Å²) in [4.78, 5) is 32.5. The van der Waals surface area contributed by atoms with Gasteiger partial charge in [-0.05, 0) is 31.0 Å². The Bertz CT molecular complexity index is 1060. The normalized spacial score (nSPS) is 15.0. The van der Waals surface area contributed by atoms with Crippen molar-refractivity contribution in [3.05, 3.63) is 60.3 Å². The fraction of sp³-hybridized carbons (Fsp3) is 0.333. The molecule has 0 radical (unpaired) electrons. The van der Waals surface area contributed by atoms with E-state index in [0.717, 1.165) is 36.8 Å². The predicted octanol–water partition coefficient (Wildman–Crippen LogP) is 3.49. The molecule has 2 heterocycles. The quantitative estimate of drug-likeness (QED) is 0.597. The number of anilines is 2. The first kappa shape index (κ1) is 20.9. The van der Waals surface area contributed by atoms with Gasteiger partial charge in [-0.3, -0.25) is 9.69 Å². The number of carbonyl (C=O) groups excluding carboxylic acids is 2. The van der Waals surface area contributed by atoms with Crippen LogP contribution in [0.3, 0.4) is 0 Å². The second kappa shape index (κ2) is 9.22. The van der Waals surface area contributed by atoms with E-state index in [2.05, 4.69) is 51.4 Å². The number of nitrogens with one attached hydrogen (secondary N) is 2. The molecule has 0 spiro atoms. The van der Waals surface area contributed by atoms with Gasteiger partial charge in [0, 0.05) is 42.8 Å². The number of ether oxygens (including phenoxy) is 1. The van der Waals surface area contributed by atoms with Crippen LogP contribution in [0.15, 0.2) is 54.6 Å². The van der Waals surface area contributed by atoms with Crippen molar-refractivity contribution in [2.45, 2.75) is 18.9 Å². The zero-order valence-corrected chi connectivity index (χ0v) is 17.9. The highest BCUT2D eigenvalue weighted by Crippen LogP contribution is 2.28. The number of likely N-dealkylation sites (tertiary alicyclic amines) is 1. The van der Waals surface area contributed by atoms with Crippen LogP contribution in [0.5, 0.6) is 0 Å². The Morgan fingerprint density at radius 2 is 1.77 bits per heavy atom. The van der Waals surface area contributed by atoms with Crippen LogP contribution in [-0.4, -0.2) is 61.6 Å². The molecule has 1 aromatic heterocycles. The molecule has 7 nitrogen and oxygen atoms in total. The number of esters is 1. The minimum atomic E-state index is -0.503. The number of carbonyl (C=O) groups is 2. The maximum Gasteiger partial charge on any atom is 0.356 e. The molecule has 1 aliphatic rings. The Hall–Kier alpha value is -3.32. The molecule has 162 valence electrons. The largest absolute Gasteiger partial charge is 0.464 e. The standard InChI is InChI=1S/C24H28N4O3/c1-27(17-8-4-3-5-9-17)18-12-14-28(15-13-18)16-21(29)26-22-19-10-6-7-11-20(19)25-23(22)24(30)31-2/h3-11,18,25H,12-16H2,1-2H3,(H,26,29).